The maximum atomic E-state index is 13.1. The molecule has 0 amide bonds. The number of carboxylic acids is 3. The number of aliphatic carboxylic acids is 3. The van der Waals surface area contributed by atoms with Gasteiger partial charge in [0.1, 0.15) is 12.2 Å². The molecule has 49 heavy (non-hydrogen) atoms. The Morgan fingerprint density at radius 3 is 2.08 bits per heavy atom. The zero-order valence-corrected chi connectivity index (χ0v) is 28.9. The van der Waals surface area contributed by atoms with Crippen molar-refractivity contribution in [1.29, 1.82) is 0 Å². The van der Waals surface area contributed by atoms with Gasteiger partial charge in [0.2, 0.25) is 23.1 Å². The molecule has 2 heterocycles. The first-order chi connectivity index (χ1) is 22.9. The number of esters is 2. The molecule has 14 heteroatoms. The van der Waals surface area contributed by atoms with E-state index in [0.29, 0.717) is 18.8 Å². The molecule has 0 saturated carbocycles. The Morgan fingerprint density at radius 2 is 1.55 bits per heavy atom. The fraction of sp³-hybridized carbons (Fsp3) is 0.686. The van der Waals surface area contributed by atoms with Crippen molar-refractivity contribution in [1.82, 2.24) is 0 Å². The number of hydrogen-bond donors (Lipinski definition) is 5. The fourth-order valence-electron chi connectivity index (χ4n) is 7.16. The molecule has 14 nitrogen and oxygen atoms in total. The molecule has 5 N–H and O–H groups in total. The molecule has 1 aromatic carbocycles. The average Bonchev–Trinajstić information content (AvgIpc) is 3.25. The van der Waals surface area contributed by atoms with Gasteiger partial charge < -0.3 is 44.5 Å². The summed E-state index contributed by atoms with van der Waals surface area (Å²) in [6.07, 6.45) is -6.27. The number of carboxylic acid groups (broad SMARTS) is 3. The summed E-state index contributed by atoms with van der Waals surface area (Å²) in [4.78, 5) is 63.2. The highest BCUT2D eigenvalue weighted by Crippen LogP contribution is 2.56. The number of rotatable bonds is 18. The third-order valence-electron chi connectivity index (χ3n) is 9.98. The molecule has 2 saturated heterocycles. The van der Waals surface area contributed by atoms with Crippen LogP contribution in [0.1, 0.15) is 85.6 Å². The van der Waals surface area contributed by atoms with Crippen molar-refractivity contribution in [2.24, 2.45) is 23.7 Å². The number of carbonyl (C=O) groups is 5. The third kappa shape index (κ3) is 8.08. The minimum absolute atomic E-state index is 0.0323. The number of carbonyl (C=O) groups excluding carboxylic acids is 2. The van der Waals surface area contributed by atoms with Crippen LogP contribution in [-0.2, 0) is 49.3 Å². The lowest BCUT2D eigenvalue weighted by molar-refractivity contribution is -0.374. The molecule has 274 valence electrons. The van der Waals surface area contributed by atoms with E-state index in [9.17, 15) is 49.5 Å². The van der Waals surface area contributed by atoms with Crippen LogP contribution in [0.25, 0.3) is 0 Å². The lowest BCUT2D eigenvalue weighted by Gasteiger charge is -2.48. The normalized spacial score (nSPS) is 30.7. The molecule has 0 aromatic heterocycles. The van der Waals surface area contributed by atoms with Gasteiger partial charge >= 0.3 is 29.8 Å². The Morgan fingerprint density at radius 1 is 0.918 bits per heavy atom. The highest BCUT2D eigenvalue weighted by Gasteiger charge is 2.85. The molecular weight excluding hydrogens is 644 g/mol. The maximum absolute atomic E-state index is 13.1. The van der Waals surface area contributed by atoms with Gasteiger partial charge in [0, 0.05) is 19.8 Å². The highest BCUT2D eigenvalue weighted by atomic mass is 16.8. The number of aliphatic hydroxyl groups is 2. The van der Waals surface area contributed by atoms with Gasteiger partial charge in [-0.15, -0.1) is 0 Å². The number of hydrogen-bond acceptors (Lipinski definition) is 11. The molecule has 0 unspecified atom stereocenters. The van der Waals surface area contributed by atoms with Crippen LogP contribution in [-0.4, -0.2) is 96.8 Å². The van der Waals surface area contributed by atoms with Crippen molar-refractivity contribution in [2.75, 3.05) is 0 Å². The number of benzene rings is 1. The van der Waals surface area contributed by atoms with Crippen LogP contribution in [0.2, 0.25) is 0 Å². The third-order valence-corrected chi connectivity index (χ3v) is 9.98. The first kappa shape index (κ1) is 39.8. The van der Waals surface area contributed by atoms with Gasteiger partial charge in [-0.05, 0) is 54.9 Å². The summed E-state index contributed by atoms with van der Waals surface area (Å²) in [5.41, 5.74) is -6.36. The van der Waals surface area contributed by atoms with E-state index in [-0.39, 0.29) is 24.7 Å². The monoisotopic (exact) mass is 694 g/mol. The number of fused-ring (bicyclic) bond motifs is 2. The van der Waals surface area contributed by atoms with Crippen molar-refractivity contribution < 1.29 is 68.5 Å². The van der Waals surface area contributed by atoms with Gasteiger partial charge in [-0.2, -0.15) is 0 Å². The van der Waals surface area contributed by atoms with E-state index in [4.69, 9.17) is 18.9 Å². The van der Waals surface area contributed by atoms with Crippen molar-refractivity contribution in [3.63, 3.8) is 0 Å². The van der Waals surface area contributed by atoms with E-state index < -0.39 is 83.6 Å². The minimum Gasteiger partial charge on any atom is -0.479 e. The Balaban J connectivity index is 1.98. The second-order valence-electron chi connectivity index (χ2n) is 13.9. The van der Waals surface area contributed by atoms with Gasteiger partial charge in [0.25, 0.3) is 0 Å². The quantitative estimate of drug-likeness (QED) is 0.139. The number of ether oxygens (including phenoxy) is 4. The Hall–Kier alpha value is -3.59. The molecule has 2 bridgehead atoms. The summed E-state index contributed by atoms with van der Waals surface area (Å²) in [7, 11) is 0. The summed E-state index contributed by atoms with van der Waals surface area (Å²) in [6.45, 7) is 10.9. The van der Waals surface area contributed by atoms with E-state index in [2.05, 4.69) is 6.92 Å². The molecule has 0 spiro atoms. The summed E-state index contributed by atoms with van der Waals surface area (Å²) in [6, 6.07) is 9.43. The molecular formula is C35H50O14. The molecule has 0 radical (unpaired) electrons. The summed E-state index contributed by atoms with van der Waals surface area (Å²) in [5, 5.41) is 53.7. The van der Waals surface area contributed by atoms with Crippen LogP contribution in [0.5, 0.6) is 0 Å². The van der Waals surface area contributed by atoms with Crippen LogP contribution >= 0.6 is 0 Å². The zero-order chi connectivity index (χ0) is 36.9. The lowest BCUT2D eigenvalue weighted by atomic mass is 9.74. The smallest absolute Gasteiger partial charge is 0.344 e. The van der Waals surface area contributed by atoms with Crippen molar-refractivity contribution in [2.45, 2.75) is 128 Å². The largest absolute Gasteiger partial charge is 0.479 e. The molecule has 1 aromatic rings. The van der Waals surface area contributed by atoms with E-state index in [1.807, 2.05) is 51.1 Å². The van der Waals surface area contributed by atoms with Gasteiger partial charge in [-0.3, -0.25) is 9.59 Å². The molecule has 2 fully saturated rings. The van der Waals surface area contributed by atoms with Crippen molar-refractivity contribution >= 4 is 29.8 Å². The Bertz CT molecular complexity index is 1350. The fourth-order valence-corrected chi connectivity index (χ4v) is 7.16. The van der Waals surface area contributed by atoms with Crippen molar-refractivity contribution in [3.05, 3.63) is 35.9 Å². The van der Waals surface area contributed by atoms with Crippen LogP contribution in [0, 0.1) is 23.7 Å². The first-order valence-electron chi connectivity index (χ1n) is 16.7. The van der Waals surface area contributed by atoms with E-state index in [1.54, 1.807) is 6.92 Å². The maximum Gasteiger partial charge on any atom is 0.344 e. The first-order valence-corrected chi connectivity index (χ1v) is 16.7. The minimum atomic E-state index is -3.85. The Kier molecular flexibility index (Phi) is 13.0. The van der Waals surface area contributed by atoms with Crippen LogP contribution < -0.4 is 0 Å². The highest BCUT2D eigenvalue weighted by molar-refractivity contribution is 5.98. The van der Waals surface area contributed by atoms with Gasteiger partial charge in [0.15, 0.2) is 6.10 Å². The van der Waals surface area contributed by atoms with Crippen LogP contribution in [0.4, 0.5) is 0 Å². The second kappa shape index (κ2) is 16.0. The molecule has 2 aliphatic heterocycles. The lowest BCUT2D eigenvalue weighted by Crippen LogP contribution is -2.78. The standard InChI is InChI=1S/C35H50O14/c1-7-19(2)17-20(3)13-14-25(37)47-28-27(38)33(48-29(30(39)40)34(45,31(41)42)35(28,49-33)32(43)44)16-15-21(4)26(46-23(6)36)22(5)18-24-11-9-8-10-12-24/h8-12,19-22,26-29,38,45H,7,13-18H2,1-6H3,(H,39,40)(H,41,42)(H,43,44)/t19-,20+,21+,22+,26+,27+,28+,29+,33-,34+,35-/m0/s1. The summed E-state index contributed by atoms with van der Waals surface area (Å²) < 4.78 is 22.4. The van der Waals surface area contributed by atoms with Gasteiger partial charge in [-0.1, -0.05) is 71.4 Å². The molecule has 2 aliphatic rings. The molecule has 3 rings (SSSR count). The summed E-state index contributed by atoms with van der Waals surface area (Å²) >= 11 is 0. The van der Waals surface area contributed by atoms with E-state index in [0.717, 1.165) is 18.4 Å². The topological polar surface area (TPSA) is 223 Å². The second-order valence-corrected chi connectivity index (χ2v) is 13.9. The van der Waals surface area contributed by atoms with Crippen molar-refractivity contribution in [3.8, 4) is 0 Å². The van der Waals surface area contributed by atoms with Crippen LogP contribution in [0.3, 0.4) is 0 Å². The van der Waals surface area contributed by atoms with E-state index >= 15 is 0 Å². The summed E-state index contributed by atoms with van der Waals surface area (Å²) in [5.74, 6) is -11.0. The predicted molar refractivity (Wildman–Crippen MR) is 171 cm³/mol. The SMILES string of the molecule is CC[C@H](C)C[C@H](C)CCC(=O)O[C@@H]1[C@@H](O)[C@@]2(CC[C@@H](C)[C@@H](OC(C)=O)[C@H](C)Cc3ccccc3)O[C@H](C(=O)O)[C@@](O)(C(=O)O)[C@]1(C(=O)O)O2. The van der Waals surface area contributed by atoms with E-state index in [1.165, 1.54) is 6.92 Å². The average molecular weight is 695 g/mol. The van der Waals surface area contributed by atoms with Gasteiger partial charge in [-0.25, -0.2) is 14.4 Å². The van der Waals surface area contributed by atoms with Crippen LogP contribution in [0.15, 0.2) is 30.3 Å². The molecule has 0 aliphatic carbocycles. The zero-order valence-electron chi connectivity index (χ0n) is 28.9. The predicted octanol–water partition coefficient (Wildman–Crippen LogP) is 3.19. The van der Waals surface area contributed by atoms with Gasteiger partial charge in [0.05, 0.1) is 0 Å². The molecule has 11 atom stereocenters. The number of aliphatic hydroxyl groups excluding tert-OH is 1. The Labute approximate surface area is 285 Å².